The number of carbonyl (C=O) groups excluding carboxylic acids is 2. The van der Waals surface area contributed by atoms with E-state index >= 15 is 0 Å². The lowest BCUT2D eigenvalue weighted by atomic mass is 9.99. The van der Waals surface area contributed by atoms with Crippen LogP contribution in [0.5, 0.6) is 0 Å². The molecule has 0 radical (unpaired) electrons. The van der Waals surface area contributed by atoms with Gasteiger partial charge in [-0.25, -0.2) is 9.59 Å². The number of carbonyl (C=O) groups is 2. The minimum Gasteiger partial charge on any atom is -0.463 e. The molecule has 0 spiro atoms. The van der Waals surface area contributed by atoms with Gasteiger partial charge in [0, 0.05) is 6.20 Å². The van der Waals surface area contributed by atoms with E-state index in [0.29, 0.717) is 5.56 Å². The first-order valence-corrected chi connectivity index (χ1v) is 10.3. The molecule has 156 valence electrons. The van der Waals surface area contributed by atoms with Crippen LogP contribution in [0.3, 0.4) is 0 Å². The smallest absolute Gasteiger partial charge is 0.412 e. The highest BCUT2D eigenvalue weighted by Gasteiger charge is 2.29. The summed E-state index contributed by atoms with van der Waals surface area (Å²) in [5, 5.41) is 15.9. The summed E-state index contributed by atoms with van der Waals surface area (Å²) in [6.45, 7) is 1.83. The molecule has 0 aliphatic heterocycles. The summed E-state index contributed by atoms with van der Waals surface area (Å²) in [7, 11) is 0. The van der Waals surface area contributed by atoms with E-state index in [-0.39, 0.29) is 13.2 Å². The summed E-state index contributed by atoms with van der Waals surface area (Å²) < 4.78 is 11.9. The third-order valence-corrected chi connectivity index (χ3v) is 5.61. The van der Waals surface area contributed by atoms with E-state index in [0.717, 1.165) is 44.2 Å². The van der Waals surface area contributed by atoms with Crippen LogP contribution in [0.25, 0.3) is 0 Å². The highest BCUT2D eigenvalue weighted by molar-refractivity contribution is 5.90. The molecule has 1 N–H and O–H groups in total. The Hall–Kier alpha value is -3.34. The van der Waals surface area contributed by atoms with E-state index < -0.39 is 18.2 Å². The molecule has 4 rings (SSSR count). The Morgan fingerprint density at radius 3 is 2.53 bits per heavy atom. The molecule has 2 aliphatic rings. The van der Waals surface area contributed by atoms with Gasteiger partial charge in [-0.15, -0.1) is 0 Å². The number of anilines is 1. The number of aromatic nitrogens is 2. The van der Waals surface area contributed by atoms with E-state index in [2.05, 4.69) is 16.5 Å². The molecule has 2 aliphatic carbocycles. The molecule has 30 heavy (non-hydrogen) atoms. The van der Waals surface area contributed by atoms with Gasteiger partial charge in [0.1, 0.15) is 6.07 Å². The molecule has 0 fully saturated rings. The van der Waals surface area contributed by atoms with Gasteiger partial charge in [-0.3, -0.25) is 10.00 Å². The first-order valence-electron chi connectivity index (χ1n) is 10.3. The summed E-state index contributed by atoms with van der Waals surface area (Å²) in [5.41, 5.74) is 6.19. The Balaban J connectivity index is 1.52. The van der Waals surface area contributed by atoms with Crippen molar-refractivity contribution in [3.05, 3.63) is 46.3 Å². The topological polar surface area (TPSA) is 106 Å². The molecule has 8 nitrogen and oxygen atoms in total. The Morgan fingerprint density at radius 2 is 1.93 bits per heavy atom. The van der Waals surface area contributed by atoms with Crippen molar-refractivity contribution in [3.63, 3.8) is 0 Å². The number of rotatable bonds is 6. The van der Waals surface area contributed by atoms with Gasteiger partial charge < -0.3 is 9.47 Å². The zero-order valence-corrected chi connectivity index (χ0v) is 16.9. The maximum absolute atomic E-state index is 12.8. The largest absolute Gasteiger partial charge is 0.463 e. The molecular weight excluding hydrogens is 384 g/mol. The molecule has 0 saturated heterocycles. The quantitative estimate of drug-likeness (QED) is 0.737. The minimum absolute atomic E-state index is 0.0288. The number of nitrogens with one attached hydrogen (secondary N) is 1. The van der Waals surface area contributed by atoms with Crippen LogP contribution in [-0.2, 0) is 46.5 Å². The van der Waals surface area contributed by atoms with Gasteiger partial charge in [0.15, 0.2) is 0 Å². The fourth-order valence-corrected chi connectivity index (χ4v) is 4.31. The monoisotopic (exact) mass is 408 g/mol. The first kappa shape index (κ1) is 20.0. The minimum atomic E-state index is -1.17. The van der Waals surface area contributed by atoms with E-state index in [4.69, 9.17) is 14.7 Å². The third kappa shape index (κ3) is 4.01. The van der Waals surface area contributed by atoms with E-state index in [9.17, 15) is 9.59 Å². The van der Waals surface area contributed by atoms with Crippen LogP contribution >= 0.6 is 0 Å². The van der Waals surface area contributed by atoms with Gasteiger partial charge in [-0.1, -0.05) is 6.07 Å². The number of ether oxygens (including phenoxy) is 2. The van der Waals surface area contributed by atoms with Crippen LogP contribution in [0.1, 0.15) is 47.6 Å². The van der Waals surface area contributed by atoms with Crippen LogP contribution in [0, 0.1) is 11.3 Å². The molecule has 1 atom stereocenters. The summed E-state index contributed by atoms with van der Waals surface area (Å²) in [6, 6.07) is 4.26. The molecule has 0 unspecified atom stereocenters. The lowest BCUT2D eigenvalue weighted by Gasteiger charge is -2.19. The van der Waals surface area contributed by atoms with Crippen molar-refractivity contribution in [1.82, 2.24) is 9.78 Å². The predicted molar refractivity (Wildman–Crippen MR) is 108 cm³/mol. The second-order valence-corrected chi connectivity index (χ2v) is 7.57. The molecule has 0 bridgehead atoms. The fourth-order valence-electron chi connectivity index (χ4n) is 4.31. The molecule has 1 aromatic carbocycles. The molecule has 1 aromatic heterocycles. The summed E-state index contributed by atoms with van der Waals surface area (Å²) >= 11 is 0. The van der Waals surface area contributed by atoms with Crippen molar-refractivity contribution in [2.75, 3.05) is 11.9 Å². The fraction of sp³-hybridized carbons (Fsp3) is 0.455. The Morgan fingerprint density at radius 1 is 1.23 bits per heavy atom. The Bertz CT molecular complexity index is 989. The Kier molecular flexibility index (Phi) is 5.70. The number of esters is 1. The highest BCUT2D eigenvalue weighted by atomic mass is 16.6. The van der Waals surface area contributed by atoms with Crippen LogP contribution < -0.4 is 5.32 Å². The van der Waals surface area contributed by atoms with Gasteiger partial charge in [0.2, 0.25) is 6.10 Å². The number of amides is 1. The van der Waals surface area contributed by atoms with Crippen molar-refractivity contribution < 1.29 is 19.1 Å². The van der Waals surface area contributed by atoms with Gasteiger partial charge in [-0.2, -0.15) is 10.4 Å². The van der Waals surface area contributed by atoms with E-state index in [1.807, 2.05) is 6.07 Å². The van der Waals surface area contributed by atoms with E-state index in [1.165, 1.54) is 39.3 Å². The average Bonchev–Trinajstić information content (AvgIpc) is 3.47. The summed E-state index contributed by atoms with van der Waals surface area (Å²) in [5.74, 6) is -0.648. The standard InChI is InChI=1S/C22H24N4O4/c1-2-29-21(27)19(13-26-12-14(10-23)11-24-26)30-22(28)25-20-17-7-3-5-15(17)9-16-6-4-8-18(16)20/h9,11-12,19H,2-8,13H2,1H3,(H,25,28)/t19-/m1/s1. The van der Waals surface area contributed by atoms with Crippen molar-refractivity contribution in [1.29, 1.82) is 5.26 Å². The number of aryl methyl sites for hydroxylation is 2. The first-order chi connectivity index (χ1) is 14.6. The molecule has 0 saturated carbocycles. The summed E-state index contributed by atoms with van der Waals surface area (Å²) in [6.07, 6.45) is 7.10. The SMILES string of the molecule is CCOC(=O)[C@@H](Cn1cc(C#N)cn1)OC(=O)Nc1c2c(cc3c1CCC3)CCC2. The highest BCUT2D eigenvalue weighted by Crippen LogP contribution is 2.38. The summed E-state index contributed by atoms with van der Waals surface area (Å²) in [4.78, 5) is 25.1. The third-order valence-electron chi connectivity index (χ3n) is 5.61. The molecule has 8 heteroatoms. The zero-order valence-electron chi connectivity index (χ0n) is 16.9. The van der Waals surface area contributed by atoms with Gasteiger partial charge in [-0.05, 0) is 67.7 Å². The van der Waals surface area contributed by atoms with Crippen LogP contribution in [0.4, 0.5) is 10.5 Å². The normalized spacial score (nSPS) is 15.1. The maximum atomic E-state index is 12.8. The number of nitrogens with zero attached hydrogens (tertiary/aromatic N) is 3. The number of nitriles is 1. The average molecular weight is 408 g/mol. The van der Waals surface area contributed by atoms with Gasteiger partial charge >= 0.3 is 12.1 Å². The van der Waals surface area contributed by atoms with Crippen molar-refractivity contribution in [2.24, 2.45) is 0 Å². The van der Waals surface area contributed by atoms with Crippen molar-refractivity contribution in [3.8, 4) is 6.07 Å². The number of fused-ring (bicyclic) bond motifs is 2. The van der Waals surface area contributed by atoms with Gasteiger partial charge in [0.25, 0.3) is 0 Å². The Labute approximate surface area is 174 Å². The van der Waals surface area contributed by atoms with Gasteiger partial charge in [0.05, 0.1) is 30.6 Å². The number of benzene rings is 1. The van der Waals surface area contributed by atoms with Crippen molar-refractivity contribution >= 4 is 17.7 Å². The van der Waals surface area contributed by atoms with E-state index in [1.54, 1.807) is 6.92 Å². The number of hydrogen-bond acceptors (Lipinski definition) is 6. The van der Waals surface area contributed by atoms with Crippen LogP contribution in [-0.4, -0.2) is 34.6 Å². The number of hydrogen-bond donors (Lipinski definition) is 1. The molecule has 1 heterocycles. The predicted octanol–water partition coefficient (Wildman–Crippen LogP) is 2.91. The molecule has 2 aromatic rings. The van der Waals surface area contributed by atoms with Crippen LogP contribution in [0.2, 0.25) is 0 Å². The second kappa shape index (κ2) is 8.57. The molecule has 1 amide bonds. The maximum Gasteiger partial charge on any atom is 0.412 e. The second-order valence-electron chi connectivity index (χ2n) is 7.57. The lowest BCUT2D eigenvalue weighted by Crippen LogP contribution is -2.35. The lowest BCUT2D eigenvalue weighted by molar-refractivity contribution is -0.153. The van der Waals surface area contributed by atoms with Crippen molar-refractivity contribution in [2.45, 2.75) is 58.1 Å². The molecular formula is C22H24N4O4. The zero-order chi connectivity index (χ0) is 21.1. The van der Waals surface area contributed by atoms with Crippen LogP contribution in [0.15, 0.2) is 18.5 Å².